The molecule has 0 fully saturated rings. The molecule has 0 unspecified atom stereocenters. The van der Waals surface area contributed by atoms with Crippen LogP contribution in [0.15, 0.2) is 137 Å². The zero-order chi connectivity index (χ0) is 44.9. The largest absolute Gasteiger partial charge is 0.494 e. The highest BCUT2D eigenvalue weighted by Gasteiger charge is 2.13. The average molecular weight is 866 g/mol. The van der Waals surface area contributed by atoms with Gasteiger partial charge in [-0.1, -0.05) is 123 Å². The lowest BCUT2D eigenvalue weighted by Crippen LogP contribution is -2.11. The summed E-state index contributed by atoms with van der Waals surface area (Å²) in [7, 11) is 0. The zero-order valence-corrected chi connectivity index (χ0v) is 38.1. The Balaban J connectivity index is 0.985. The van der Waals surface area contributed by atoms with Gasteiger partial charge in [-0.05, 0) is 134 Å². The van der Waals surface area contributed by atoms with Crippen LogP contribution in [0.5, 0.6) is 23.0 Å². The lowest BCUT2D eigenvalue weighted by molar-refractivity contribution is 0.0714. The lowest BCUT2D eigenvalue weighted by Gasteiger charge is -2.08. The van der Waals surface area contributed by atoms with Crippen LogP contribution in [0, 0.1) is 0 Å². The fraction of sp³-hybridized carbons (Fsp3) is 0.400. The van der Waals surface area contributed by atoms with Crippen molar-refractivity contribution in [2.45, 2.75) is 129 Å². The Hall–Kier alpha value is -6.09. The molecule has 5 aromatic carbocycles. The molecule has 0 saturated carbocycles. The van der Waals surface area contributed by atoms with Crippen molar-refractivity contribution in [2.75, 3.05) is 13.2 Å². The van der Waals surface area contributed by atoms with Gasteiger partial charge in [0.1, 0.15) is 23.0 Å². The molecule has 0 radical (unpaired) electrons. The van der Waals surface area contributed by atoms with Crippen molar-refractivity contribution < 1.29 is 28.5 Å². The summed E-state index contributed by atoms with van der Waals surface area (Å²) in [5.74, 6) is 1.10. The van der Waals surface area contributed by atoms with E-state index in [1.807, 2.05) is 48.5 Å². The normalized spacial score (nSPS) is 11.3. The van der Waals surface area contributed by atoms with Gasteiger partial charge in [-0.2, -0.15) is 10.2 Å². The molecule has 0 atom stereocenters. The second-order valence-corrected chi connectivity index (χ2v) is 16.2. The number of aliphatic imine (C=N–C) groups is 1. The molecular weight excluding hydrogens is 799 g/mol. The zero-order valence-electron chi connectivity index (χ0n) is 38.1. The van der Waals surface area contributed by atoms with Gasteiger partial charge in [0.05, 0.1) is 41.4 Å². The van der Waals surface area contributed by atoms with Crippen LogP contribution in [0.1, 0.15) is 156 Å². The highest BCUT2D eigenvalue weighted by Crippen LogP contribution is 2.25. The molecule has 9 heteroatoms. The number of unbranched alkanes of at least 4 members (excludes halogenated alkanes) is 16. The minimum absolute atomic E-state index is 0.215. The van der Waals surface area contributed by atoms with Crippen LogP contribution in [-0.2, 0) is 0 Å². The van der Waals surface area contributed by atoms with Crippen LogP contribution < -0.4 is 18.9 Å². The van der Waals surface area contributed by atoms with E-state index in [1.54, 1.807) is 72.9 Å². The number of carbonyl (C=O) groups excluding carboxylic acids is 2. The van der Waals surface area contributed by atoms with Crippen LogP contribution in [0.25, 0.3) is 0 Å². The predicted octanol–water partition coefficient (Wildman–Crippen LogP) is 16.1. The SMILES string of the molecule is CCCCCCCCCCCCOc1ccc(N=Nc2ccc(C(=O)Oc3cccc(C(=O)Oc4ccc(N=Cc5ccc(OCCCCCCCCCC)cc5)cc4)c3)cc2)cc1. The van der Waals surface area contributed by atoms with Gasteiger partial charge < -0.3 is 18.9 Å². The first-order valence-corrected chi connectivity index (χ1v) is 23.6. The Kier molecular flexibility index (Phi) is 22.4. The average Bonchev–Trinajstić information content (AvgIpc) is 3.33. The molecule has 0 aromatic heterocycles. The maximum absolute atomic E-state index is 13.0. The van der Waals surface area contributed by atoms with Crippen molar-refractivity contribution in [2.24, 2.45) is 15.2 Å². The maximum atomic E-state index is 13.0. The quantitative estimate of drug-likeness (QED) is 0.0150. The first-order valence-electron chi connectivity index (χ1n) is 23.6. The summed E-state index contributed by atoms with van der Waals surface area (Å²) in [5, 5.41) is 8.63. The third kappa shape index (κ3) is 19.1. The molecule has 9 nitrogen and oxygen atoms in total. The molecule has 338 valence electrons. The molecule has 0 heterocycles. The van der Waals surface area contributed by atoms with Gasteiger partial charge in [-0.15, -0.1) is 0 Å². The van der Waals surface area contributed by atoms with Gasteiger partial charge in [0.15, 0.2) is 0 Å². The Morgan fingerprint density at radius 3 is 1.38 bits per heavy atom. The third-order valence-electron chi connectivity index (χ3n) is 10.8. The van der Waals surface area contributed by atoms with Crippen molar-refractivity contribution in [1.29, 1.82) is 0 Å². The van der Waals surface area contributed by atoms with E-state index in [1.165, 1.54) is 109 Å². The fourth-order valence-corrected chi connectivity index (χ4v) is 7.01. The smallest absolute Gasteiger partial charge is 0.343 e. The van der Waals surface area contributed by atoms with Crippen LogP contribution in [0.2, 0.25) is 0 Å². The first-order chi connectivity index (χ1) is 31.5. The molecule has 0 aliphatic carbocycles. The van der Waals surface area contributed by atoms with Crippen LogP contribution in [0.3, 0.4) is 0 Å². The van der Waals surface area contributed by atoms with E-state index in [0.29, 0.717) is 35.0 Å². The van der Waals surface area contributed by atoms with Crippen molar-refractivity contribution in [3.8, 4) is 23.0 Å². The standard InChI is InChI=1S/C55H67N3O6/c1-3-5-7-9-11-13-14-16-18-20-41-62-51-36-32-49(33-37-51)58-57-48-28-26-45(27-29-48)54(59)64-53-23-21-22-46(42-53)55(60)63-52-38-30-47(31-39-52)56-43-44-24-34-50(35-25-44)61-40-19-17-15-12-10-8-6-4-2/h21-39,42-43H,3-20,40-41H2,1-2H3. The summed E-state index contributed by atoms with van der Waals surface area (Å²) in [4.78, 5) is 30.5. The molecule has 0 aliphatic rings. The van der Waals surface area contributed by atoms with Crippen LogP contribution in [0.4, 0.5) is 17.1 Å². The van der Waals surface area contributed by atoms with Crippen molar-refractivity contribution in [3.05, 3.63) is 138 Å². The summed E-state index contributed by atoms with van der Waals surface area (Å²) in [6.45, 7) is 5.95. The second-order valence-electron chi connectivity index (χ2n) is 16.2. The van der Waals surface area contributed by atoms with Gasteiger partial charge in [-0.3, -0.25) is 4.99 Å². The van der Waals surface area contributed by atoms with E-state index in [0.717, 1.165) is 36.5 Å². The topological polar surface area (TPSA) is 108 Å². The third-order valence-corrected chi connectivity index (χ3v) is 10.8. The molecule has 0 saturated heterocycles. The Labute approximate surface area is 381 Å². The number of hydrogen-bond donors (Lipinski definition) is 0. The monoisotopic (exact) mass is 866 g/mol. The summed E-state index contributed by atoms with van der Waals surface area (Å²) >= 11 is 0. The summed E-state index contributed by atoms with van der Waals surface area (Å²) in [6, 6.07) is 35.3. The Bertz CT molecular complexity index is 2130. The molecule has 0 aliphatic heterocycles. The minimum Gasteiger partial charge on any atom is -0.494 e. The lowest BCUT2D eigenvalue weighted by atomic mass is 10.1. The molecule has 5 rings (SSSR count). The van der Waals surface area contributed by atoms with Gasteiger partial charge in [0.2, 0.25) is 0 Å². The maximum Gasteiger partial charge on any atom is 0.343 e. The van der Waals surface area contributed by atoms with Crippen LogP contribution in [-0.4, -0.2) is 31.4 Å². The van der Waals surface area contributed by atoms with E-state index < -0.39 is 11.9 Å². The number of esters is 2. The molecule has 5 aromatic rings. The van der Waals surface area contributed by atoms with Gasteiger partial charge in [0, 0.05) is 6.21 Å². The number of nitrogens with zero attached hydrogens (tertiary/aromatic N) is 3. The van der Waals surface area contributed by atoms with Gasteiger partial charge in [-0.25, -0.2) is 9.59 Å². The van der Waals surface area contributed by atoms with E-state index in [4.69, 9.17) is 18.9 Å². The van der Waals surface area contributed by atoms with Crippen molar-refractivity contribution in [3.63, 3.8) is 0 Å². The molecule has 64 heavy (non-hydrogen) atoms. The number of hydrogen-bond acceptors (Lipinski definition) is 9. The van der Waals surface area contributed by atoms with Crippen molar-refractivity contribution in [1.82, 2.24) is 0 Å². The highest BCUT2D eigenvalue weighted by atomic mass is 16.5. The second kappa shape index (κ2) is 29.3. The molecule has 0 amide bonds. The summed E-state index contributed by atoms with van der Waals surface area (Å²) in [5.41, 5.74) is 3.51. The van der Waals surface area contributed by atoms with E-state index in [-0.39, 0.29) is 11.3 Å². The van der Waals surface area contributed by atoms with E-state index >= 15 is 0 Å². The van der Waals surface area contributed by atoms with E-state index in [9.17, 15) is 9.59 Å². The Morgan fingerprint density at radius 2 is 0.844 bits per heavy atom. The van der Waals surface area contributed by atoms with E-state index in [2.05, 4.69) is 29.1 Å². The minimum atomic E-state index is -0.583. The Morgan fingerprint density at radius 1 is 0.422 bits per heavy atom. The number of carbonyl (C=O) groups is 2. The van der Waals surface area contributed by atoms with Gasteiger partial charge in [0.25, 0.3) is 0 Å². The predicted molar refractivity (Wildman–Crippen MR) is 259 cm³/mol. The molecule has 0 N–H and O–H groups in total. The molecule has 0 spiro atoms. The van der Waals surface area contributed by atoms with Crippen molar-refractivity contribution >= 4 is 35.2 Å². The highest BCUT2D eigenvalue weighted by molar-refractivity contribution is 5.93. The number of rotatable bonds is 30. The first kappa shape index (κ1) is 48.9. The van der Waals surface area contributed by atoms with Gasteiger partial charge >= 0.3 is 11.9 Å². The number of azo groups is 1. The summed E-state index contributed by atoms with van der Waals surface area (Å²) < 4.78 is 23.0. The molecular formula is C55H67N3O6. The fourth-order valence-electron chi connectivity index (χ4n) is 7.01. The number of ether oxygens (including phenoxy) is 4. The number of benzene rings is 5. The molecule has 0 bridgehead atoms. The summed E-state index contributed by atoms with van der Waals surface area (Å²) in [6.07, 6.45) is 24.9. The van der Waals surface area contributed by atoms with Crippen LogP contribution >= 0.6 is 0 Å².